The van der Waals surface area contributed by atoms with E-state index in [0.29, 0.717) is 28.2 Å². The van der Waals surface area contributed by atoms with Gasteiger partial charge in [-0.2, -0.15) is 13.2 Å². The smallest absolute Gasteiger partial charge is 0.416 e. The maximum Gasteiger partial charge on any atom is 0.416 e. The molecule has 2 aliphatic rings. The van der Waals surface area contributed by atoms with E-state index in [2.05, 4.69) is 19.9 Å². The van der Waals surface area contributed by atoms with Crippen molar-refractivity contribution in [3.63, 3.8) is 0 Å². The third kappa shape index (κ3) is 4.60. The normalized spacial score (nSPS) is 19.1. The molecule has 1 saturated heterocycles. The number of anilines is 1. The number of H-pyrrole nitrogens is 1. The van der Waals surface area contributed by atoms with Crippen LogP contribution in [0, 0.1) is 11.3 Å². The number of pyridine rings is 1. The molecule has 3 aromatic rings. The van der Waals surface area contributed by atoms with Gasteiger partial charge in [-0.05, 0) is 80.2 Å². The molecule has 180 valence electrons. The van der Waals surface area contributed by atoms with Gasteiger partial charge in [0.05, 0.1) is 16.6 Å². The molecular formula is C25H27F3N4O2. The first-order chi connectivity index (χ1) is 16.2. The summed E-state index contributed by atoms with van der Waals surface area (Å²) in [4.78, 5) is 25.3. The van der Waals surface area contributed by atoms with Crippen molar-refractivity contribution in [2.45, 2.75) is 51.1 Å². The number of halogens is 3. The molecule has 6 nitrogen and oxygen atoms in total. The van der Waals surface area contributed by atoms with E-state index in [9.17, 15) is 18.0 Å². The van der Waals surface area contributed by atoms with E-state index in [1.165, 1.54) is 6.07 Å². The Hall–Kier alpha value is -3.10. The average molecular weight is 473 g/mol. The fourth-order valence-corrected chi connectivity index (χ4v) is 5.49. The van der Waals surface area contributed by atoms with Gasteiger partial charge in [0.2, 0.25) is 0 Å². The predicted molar refractivity (Wildman–Crippen MR) is 122 cm³/mol. The number of fused-ring (bicyclic) bond motifs is 1. The highest BCUT2D eigenvalue weighted by Crippen LogP contribution is 2.47. The Morgan fingerprint density at radius 1 is 1.12 bits per heavy atom. The number of imidazole rings is 1. The van der Waals surface area contributed by atoms with Crippen molar-refractivity contribution in [3.05, 3.63) is 42.1 Å². The summed E-state index contributed by atoms with van der Waals surface area (Å²) in [6, 6.07) is 7.32. The van der Waals surface area contributed by atoms with Crippen LogP contribution in [0.15, 0.2) is 36.5 Å². The maximum absolute atomic E-state index is 13.0. The maximum atomic E-state index is 13.0. The number of carboxylic acids is 1. The zero-order chi connectivity index (χ0) is 23.9. The summed E-state index contributed by atoms with van der Waals surface area (Å²) in [7, 11) is 0. The minimum atomic E-state index is -4.40. The first kappa shape index (κ1) is 22.7. The summed E-state index contributed by atoms with van der Waals surface area (Å²) >= 11 is 0. The lowest BCUT2D eigenvalue weighted by Gasteiger charge is -2.46. The van der Waals surface area contributed by atoms with E-state index in [1.807, 2.05) is 12.1 Å². The molecule has 2 N–H and O–H groups in total. The van der Waals surface area contributed by atoms with Crippen LogP contribution >= 0.6 is 0 Å². The second-order valence-electron chi connectivity index (χ2n) is 9.75. The molecule has 1 aliphatic heterocycles. The number of rotatable bonds is 4. The Bertz CT molecular complexity index is 1170. The molecule has 1 aliphatic carbocycles. The molecule has 9 heteroatoms. The van der Waals surface area contributed by atoms with Crippen molar-refractivity contribution in [2.24, 2.45) is 11.3 Å². The highest BCUT2D eigenvalue weighted by Gasteiger charge is 2.38. The average Bonchev–Trinajstić information content (AvgIpc) is 3.24. The molecule has 0 radical (unpaired) electrons. The number of alkyl halides is 3. The molecule has 34 heavy (non-hydrogen) atoms. The number of hydrogen-bond donors (Lipinski definition) is 2. The lowest BCUT2D eigenvalue weighted by Crippen LogP contribution is -2.42. The Labute approximate surface area is 195 Å². The number of aromatic amines is 1. The molecule has 0 atom stereocenters. The van der Waals surface area contributed by atoms with Gasteiger partial charge in [0.25, 0.3) is 0 Å². The van der Waals surface area contributed by atoms with Gasteiger partial charge in [-0.15, -0.1) is 0 Å². The largest absolute Gasteiger partial charge is 0.481 e. The van der Waals surface area contributed by atoms with E-state index in [4.69, 9.17) is 5.11 Å². The number of carbonyl (C=O) groups is 1. The Morgan fingerprint density at radius 3 is 2.47 bits per heavy atom. The number of benzene rings is 1. The molecule has 0 unspecified atom stereocenters. The van der Waals surface area contributed by atoms with Gasteiger partial charge in [0.1, 0.15) is 11.6 Å². The van der Waals surface area contributed by atoms with Crippen LogP contribution in [0.25, 0.3) is 22.4 Å². The van der Waals surface area contributed by atoms with Crippen LogP contribution in [0.2, 0.25) is 0 Å². The lowest BCUT2D eigenvalue weighted by atomic mass is 9.65. The van der Waals surface area contributed by atoms with Crippen molar-refractivity contribution in [3.8, 4) is 11.4 Å². The molecule has 2 fully saturated rings. The van der Waals surface area contributed by atoms with Crippen molar-refractivity contribution in [1.82, 2.24) is 15.0 Å². The van der Waals surface area contributed by atoms with Crippen molar-refractivity contribution >= 4 is 22.8 Å². The van der Waals surface area contributed by atoms with E-state index in [1.54, 1.807) is 6.20 Å². The van der Waals surface area contributed by atoms with E-state index < -0.39 is 17.7 Å². The zero-order valence-corrected chi connectivity index (χ0v) is 18.7. The molecule has 1 spiro atoms. The Balaban J connectivity index is 1.23. The molecule has 3 heterocycles. The van der Waals surface area contributed by atoms with Crippen LogP contribution in [0.4, 0.5) is 19.0 Å². The monoisotopic (exact) mass is 472 g/mol. The summed E-state index contributed by atoms with van der Waals surface area (Å²) in [6.07, 6.45) is 3.98. The number of piperidine rings is 1. The van der Waals surface area contributed by atoms with E-state index in [0.717, 1.165) is 75.1 Å². The summed E-state index contributed by atoms with van der Waals surface area (Å²) in [5, 5.41) is 9.04. The number of hydrogen-bond acceptors (Lipinski definition) is 4. The van der Waals surface area contributed by atoms with Gasteiger partial charge in [-0.25, -0.2) is 9.97 Å². The standard InChI is InChI=1S/C25H27F3N4O2/c26-25(27,28)18-2-3-19-20(14-18)31-23(30-19)17-1-4-21(29-15-17)32-11-9-24(10-12-32)7-5-16(6-8-24)13-22(33)34/h1-4,14-16H,5-13H2,(H,30,31)(H,33,34). The number of carboxylic acid groups (broad SMARTS) is 1. The van der Waals surface area contributed by atoms with Crippen molar-refractivity contribution < 1.29 is 23.1 Å². The second-order valence-corrected chi connectivity index (χ2v) is 9.75. The zero-order valence-electron chi connectivity index (χ0n) is 18.7. The molecule has 5 rings (SSSR count). The van der Waals surface area contributed by atoms with Crippen LogP contribution in [0.5, 0.6) is 0 Å². The van der Waals surface area contributed by atoms with Crippen molar-refractivity contribution in [2.75, 3.05) is 18.0 Å². The third-order valence-corrected chi connectivity index (χ3v) is 7.61. The molecule has 1 saturated carbocycles. The summed E-state index contributed by atoms with van der Waals surface area (Å²) < 4.78 is 38.9. The van der Waals surface area contributed by atoms with Gasteiger partial charge in [-0.3, -0.25) is 4.79 Å². The summed E-state index contributed by atoms with van der Waals surface area (Å²) in [5.74, 6) is 0.991. The molecular weight excluding hydrogens is 445 g/mol. The number of nitrogens with one attached hydrogen (secondary N) is 1. The summed E-state index contributed by atoms with van der Waals surface area (Å²) in [5.41, 5.74) is 1.16. The van der Waals surface area contributed by atoms with Gasteiger partial charge < -0.3 is 15.0 Å². The number of aromatic nitrogens is 3. The third-order valence-electron chi connectivity index (χ3n) is 7.61. The minimum absolute atomic E-state index is 0.285. The van der Waals surface area contributed by atoms with Crippen LogP contribution < -0.4 is 4.90 Å². The van der Waals surface area contributed by atoms with E-state index >= 15 is 0 Å². The van der Waals surface area contributed by atoms with Crippen molar-refractivity contribution in [1.29, 1.82) is 0 Å². The first-order valence-electron chi connectivity index (χ1n) is 11.7. The minimum Gasteiger partial charge on any atom is -0.481 e. The second kappa shape index (κ2) is 8.60. The van der Waals surface area contributed by atoms with Crippen LogP contribution in [0.1, 0.15) is 50.5 Å². The highest BCUT2D eigenvalue weighted by molar-refractivity contribution is 5.80. The molecule has 2 aromatic heterocycles. The molecule has 0 amide bonds. The Kier molecular flexibility index (Phi) is 5.73. The molecule has 1 aromatic carbocycles. The van der Waals surface area contributed by atoms with Crippen LogP contribution in [0.3, 0.4) is 0 Å². The van der Waals surface area contributed by atoms with Gasteiger partial charge in [-0.1, -0.05) is 0 Å². The van der Waals surface area contributed by atoms with Crippen LogP contribution in [-0.4, -0.2) is 39.1 Å². The van der Waals surface area contributed by atoms with E-state index in [-0.39, 0.29) is 6.42 Å². The number of nitrogens with zero attached hydrogens (tertiary/aromatic N) is 3. The summed E-state index contributed by atoms with van der Waals surface area (Å²) in [6.45, 7) is 1.83. The van der Waals surface area contributed by atoms with Gasteiger partial charge in [0.15, 0.2) is 0 Å². The topological polar surface area (TPSA) is 82.1 Å². The predicted octanol–water partition coefficient (Wildman–Crippen LogP) is 5.90. The fourth-order valence-electron chi connectivity index (χ4n) is 5.49. The van der Waals surface area contributed by atoms with Crippen LogP contribution in [-0.2, 0) is 11.0 Å². The lowest BCUT2D eigenvalue weighted by molar-refractivity contribution is -0.139. The fraction of sp³-hybridized carbons (Fsp3) is 0.480. The van der Waals surface area contributed by atoms with Gasteiger partial charge >= 0.3 is 12.1 Å². The van der Waals surface area contributed by atoms with Gasteiger partial charge in [0, 0.05) is 31.3 Å². The molecule has 0 bridgehead atoms. The SMILES string of the molecule is O=C(O)CC1CCC2(CC1)CCN(c1ccc(-c3nc4ccc(C(F)(F)F)cc4[nH]3)cn1)CC2. The number of aliphatic carboxylic acids is 1. The first-order valence-corrected chi connectivity index (χ1v) is 11.7. The Morgan fingerprint density at radius 2 is 1.85 bits per heavy atom. The quantitative estimate of drug-likeness (QED) is 0.494. The highest BCUT2D eigenvalue weighted by atomic mass is 19.4.